The first kappa shape index (κ1) is 23.2. The minimum atomic E-state index is -5.16. The quantitative estimate of drug-likeness (QED) is 0.398. The lowest BCUT2D eigenvalue weighted by Crippen LogP contribution is -2.54. The zero-order chi connectivity index (χ0) is 24.3. The van der Waals surface area contributed by atoms with Crippen LogP contribution in [-0.2, 0) is 0 Å². The molecule has 0 amide bonds. The second-order valence-electron chi connectivity index (χ2n) is 7.78. The van der Waals surface area contributed by atoms with E-state index in [-0.39, 0.29) is 33.3 Å². The maximum absolute atomic E-state index is 14.3. The summed E-state index contributed by atoms with van der Waals surface area (Å²) in [5.74, 6) is -2.61. The number of aromatic hydroxyl groups is 1. The highest BCUT2D eigenvalue weighted by molar-refractivity contribution is 6.31. The van der Waals surface area contributed by atoms with E-state index in [1.807, 2.05) is 0 Å². The molecule has 0 saturated carbocycles. The topological polar surface area (TPSA) is 78.3 Å². The summed E-state index contributed by atoms with van der Waals surface area (Å²) in [4.78, 5) is 8.10. The van der Waals surface area contributed by atoms with Gasteiger partial charge in [-0.1, -0.05) is 17.7 Å². The lowest BCUT2D eigenvalue weighted by Gasteiger charge is -2.44. The van der Waals surface area contributed by atoms with Gasteiger partial charge in [0.25, 0.3) is 0 Å². The third kappa shape index (κ3) is 3.67. The van der Waals surface area contributed by atoms with Gasteiger partial charge in [-0.25, -0.2) is 18.7 Å². The maximum Gasteiger partial charge on any atom is 0.419 e. The van der Waals surface area contributed by atoms with E-state index in [4.69, 9.17) is 11.6 Å². The number of phenolic OH excluding ortho intramolecular Hbond substituents is 1. The predicted octanol–water partition coefficient (Wildman–Crippen LogP) is 5.83. The molecule has 0 saturated heterocycles. The van der Waals surface area contributed by atoms with Crippen molar-refractivity contribution in [1.82, 2.24) is 9.97 Å². The number of rotatable bonds is 2. The molecule has 0 aliphatic heterocycles. The fraction of sp³-hybridized carbons (Fsp3) is 0.273. The van der Waals surface area contributed by atoms with Crippen LogP contribution in [-0.4, -0.2) is 32.0 Å². The lowest BCUT2D eigenvalue weighted by molar-refractivity contribution is -0.265. The predicted molar refractivity (Wildman–Crippen MR) is 113 cm³/mol. The lowest BCUT2D eigenvalue weighted by atomic mass is 9.72. The monoisotopic (exact) mass is 485 g/mol. The average molecular weight is 486 g/mol. The van der Waals surface area contributed by atoms with Crippen LogP contribution in [0.15, 0.2) is 30.5 Å². The smallest absolute Gasteiger partial charge is 0.419 e. The van der Waals surface area contributed by atoms with Gasteiger partial charge in [-0.15, -0.1) is 0 Å². The molecule has 0 spiro atoms. The Hall–Kier alpha value is -2.98. The van der Waals surface area contributed by atoms with Crippen molar-refractivity contribution in [3.63, 3.8) is 0 Å². The van der Waals surface area contributed by atoms with Crippen molar-refractivity contribution >= 4 is 33.8 Å². The third-order valence-electron chi connectivity index (χ3n) is 5.72. The van der Waals surface area contributed by atoms with E-state index in [9.17, 15) is 32.2 Å². The summed E-state index contributed by atoms with van der Waals surface area (Å²) < 4.78 is 71.3. The van der Waals surface area contributed by atoms with E-state index in [1.54, 1.807) is 6.92 Å². The van der Waals surface area contributed by atoms with Crippen molar-refractivity contribution in [2.45, 2.75) is 38.1 Å². The van der Waals surface area contributed by atoms with Crippen LogP contribution in [0.4, 0.5) is 27.6 Å². The zero-order valence-corrected chi connectivity index (χ0v) is 18.0. The summed E-state index contributed by atoms with van der Waals surface area (Å²) in [6, 6.07) is 0.959. The van der Waals surface area contributed by atoms with Crippen LogP contribution in [0.5, 0.6) is 5.75 Å². The second-order valence-corrected chi connectivity index (χ2v) is 8.19. The Bertz CT molecular complexity index is 1310. The van der Waals surface area contributed by atoms with Gasteiger partial charge in [-0.2, -0.15) is 13.2 Å². The van der Waals surface area contributed by atoms with Crippen molar-refractivity contribution in [3.8, 4) is 5.75 Å². The number of nitrogens with one attached hydrogen (secondary N) is 1. The van der Waals surface area contributed by atoms with E-state index in [1.165, 1.54) is 19.2 Å². The molecule has 3 aromatic rings. The van der Waals surface area contributed by atoms with Crippen LogP contribution in [0.3, 0.4) is 0 Å². The van der Waals surface area contributed by atoms with Gasteiger partial charge >= 0.3 is 6.18 Å². The molecule has 1 aromatic heterocycles. The molecule has 0 fully saturated rings. The van der Waals surface area contributed by atoms with Gasteiger partial charge in [-0.05, 0) is 37.1 Å². The normalized spacial score (nSPS) is 22.0. The number of hydrogen-bond acceptors (Lipinski definition) is 5. The molecule has 174 valence electrons. The molecule has 2 atom stereocenters. The number of anilines is 1. The van der Waals surface area contributed by atoms with E-state index in [0.717, 1.165) is 18.2 Å². The van der Waals surface area contributed by atoms with Crippen LogP contribution in [0.1, 0.15) is 36.3 Å². The maximum atomic E-state index is 14.3. The van der Waals surface area contributed by atoms with Gasteiger partial charge in [0.2, 0.25) is 0 Å². The number of phenols is 1. The van der Waals surface area contributed by atoms with E-state index < -0.39 is 46.6 Å². The number of halogens is 6. The van der Waals surface area contributed by atoms with Crippen molar-refractivity contribution in [3.05, 3.63) is 64.1 Å². The van der Waals surface area contributed by atoms with Crippen LogP contribution in [0.2, 0.25) is 5.02 Å². The van der Waals surface area contributed by atoms with Gasteiger partial charge in [0, 0.05) is 35.3 Å². The van der Waals surface area contributed by atoms with Crippen LogP contribution < -0.4 is 5.32 Å². The Labute approximate surface area is 189 Å². The van der Waals surface area contributed by atoms with E-state index in [2.05, 4.69) is 15.3 Å². The molecule has 2 aromatic carbocycles. The standard InChI is InChI=1S/C22H17ClF5N3O2/c1-3-10-7-21(33,22(26,27)28)20(12-6-14(23)18(25)19(32)17(10)12)31-16-5-11(24)4-15-13(16)8-29-9(2)30-15/h3-6,8,20,31-33H,7H2,1-2H3/b10-3+/t20-,21+/m0/s1. The average Bonchev–Trinajstić information content (AvgIpc) is 2.72. The molecule has 4 rings (SSSR count). The van der Waals surface area contributed by atoms with Crippen molar-refractivity contribution in [2.24, 2.45) is 0 Å². The molecule has 11 heteroatoms. The summed E-state index contributed by atoms with van der Waals surface area (Å²) in [5, 5.41) is 23.4. The highest BCUT2D eigenvalue weighted by atomic mass is 35.5. The number of aromatic nitrogens is 2. The number of allylic oxidation sites excluding steroid dienone is 1. The SMILES string of the molecule is C/C=C1\C[C@](O)(C(F)(F)F)[C@@H](Nc2cc(F)cc3nc(C)ncc23)c2cc(Cl)c(F)c(O)c21. The van der Waals surface area contributed by atoms with Gasteiger partial charge in [0.05, 0.1) is 16.6 Å². The molecule has 5 nitrogen and oxygen atoms in total. The molecule has 0 radical (unpaired) electrons. The molecule has 33 heavy (non-hydrogen) atoms. The Balaban J connectivity index is 2.01. The fourth-order valence-corrected chi connectivity index (χ4v) is 4.32. The van der Waals surface area contributed by atoms with E-state index >= 15 is 0 Å². The van der Waals surface area contributed by atoms with Crippen molar-refractivity contribution < 1.29 is 32.2 Å². The summed E-state index contributed by atoms with van der Waals surface area (Å²) in [7, 11) is 0. The van der Waals surface area contributed by atoms with Crippen LogP contribution >= 0.6 is 11.6 Å². The minimum absolute atomic E-state index is 0.126. The molecule has 1 heterocycles. The van der Waals surface area contributed by atoms with Gasteiger partial charge in [0.1, 0.15) is 11.6 Å². The molecular formula is C22H17ClF5N3O2. The summed E-state index contributed by atoms with van der Waals surface area (Å²) in [5.41, 5.74) is -4.06. The van der Waals surface area contributed by atoms with Crippen LogP contribution in [0.25, 0.3) is 16.5 Å². The largest absolute Gasteiger partial charge is 0.504 e. The highest BCUT2D eigenvalue weighted by Gasteiger charge is 2.62. The van der Waals surface area contributed by atoms with Crippen LogP contribution in [0, 0.1) is 18.6 Å². The Morgan fingerprint density at radius 2 is 1.94 bits per heavy atom. The summed E-state index contributed by atoms with van der Waals surface area (Å²) in [6.45, 7) is 2.96. The highest BCUT2D eigenvalue weighted by Crippen LogP contribution is 2.55. The number of nitrogens with zero attached hydrogens (tertiary/aromatic N) is 2. The zero-order valence-electron chi connectivity index (χ0n) is 17.2. The molecule has 3 N–H and O–H groups in total. The van der Waals surface area contributed by atoms with Gasteiger partial charge < -0.3 is 15.5 Å². The molecule has 0 unspecified atom stereocenters. The Morgan fingerprint density at radius 1 is 1.24 bits per heavy atom. The van der Waals surface area contributed by atoms with Crippen molar-refractivity contribution in [1.29, 1.82) is 0 Å². The summed E-state index contributed by atoms with van der Waals surface area (Å²) in [6.07, 6.45) is -3.60. The first-order valence-corrected chi connectivity index (χ1v) is 10.1. The molecular weight excluding hydrogens is 469 g/mol. The third-order valence-corrected chi connectivity index (χ3v) is 5.99. The molecule has 1 aliphatic carbocycles. The Morgan fingerprint density at radius 3 is 2.58 bits per heavy atom. The molecule has 0 bridgehead atoms. The van der Waals surface area contributed by atoms with E-state index in [0.29, 0.717) is 5.82 Å². The Kier molecular flexibility index (Phi) is 5.49. The molecule has 1 aliphatic rings. The fourth-order valence-electron chi connectivity index (χ4n) is 4.11. The number of aliphatic hydroxyl groups is 1. The second kappa shape index (κ2) is 7.81. The van der Waals surface area contributed by atoms with Gasteiger partial charge in [-0.3, -0.25) is 0 Å². The number of aryl methyl sites for hydroxylation is 1. The summed E-state index contributed by atoms with van der Waals surface area (Å²) >= 11 is 5.83. The number of fused-ring (bicyclic) bond motifs is 2. The van der Waals surface area contributed by atoms with Gasteiger partial charge in [0.15, 0.2) is 17.2 Å². The minimum Gasteiger partial charge on any atom is -0.504 e. The first-order chi connectivity index (χ1) is 15.4. The number of hydrogen-bond donors (Lipinski definition) is 3. The number of benzene rings is 2. The van der Waals surface area contributed by atoms with Crippen molar-refractivity contribution in [2.75, 3.05) is 5.32 Å². The first-order valence-electron chi connectivity index (χ1n) is 9.72. The number of alkyl halides is 3.